The number of aromatic amines is 1. The quantitative estimate of drug-likeness (QED) is 0.636. The van der Waals surface area contributed by atoms with E-state index in [1.54, 1.807) is 0 Å². The Bertz CT molecular complexity index is 885. The summed E-state index contributed by atoms with van der Waals surface area (Å²) in [6.07, 6.45) is 2.06. The number of benzene rings is 2. The molecule has 0 bridgehead atoms. The van der Waals surface area contributed by atoms with Crippen molar-refractivity contribution in [1.82, 2.24) is 14.9 Å². The van der Waals surface area contributed by atoms with E-state index in [0.29, 0.717) is 5.92 Å². The van der Waals surface area contributed by atoms with Gasteiger partial charge in [0.05, 0.1) is 11.0 Å². The largest absolute Gasteiger partial charge is 0.349 e. The average Bonchev–Trinajstić information content (AvgIpc) is 3.06. The molecular weight excluding hydrogens is 352 g/mol. The molecule has 25 heavy (non-hydrogen) atoms. The minimum atomic E-state index is 0.432. The van der Waals surface area contributed by atoms with Crippen molar-refractivity contribution in [1.29, 1.82) is 0 Å². The second kappa shape index (κ2) is 7.02. The molecule has 2 aromatic carbocycles. The molecule has 0 aliphatic carbocycles. The van der Waals surface area contributed by atoms with Crippen LogP contribution in [0.1, 0.15) is 24.6 Å². The summed E-state index contributed by atoms with van der Waals surface area (Å²) in [5, 5.41) is 4.84. The molecule has 1 aliphatic heterocycles. The Balaban J connectivity index is 1.39. The third kappa shape index (κ3) is 3.62. The first-order valence-corrected chi connectivity index (χ1v) is 9.24. The Morgan fingerprint density at radius 3 is 2.68 bits per heavy atom. The minimum Gasteiger partial charge on any atom is -0.349 e. The number of thiocarbonyl (C=S) groups is 1. The first-order valence-electron chi connectivity index (χ1n) is 8.45. The van der Waals surface area contributed by atoms with Crippen molar-refractivity contribution in [2.45, 2.75) is 18.8 Å². The second-order valence-electron chi connectivity index (χ2n) is 6.34. The molecule has 2 N–H and O–H groups in total. The molecule has 1 saturated heterocycles. The van der Waals surface area contributed by atoms with Crippen LogP contribution in [-0.2, 0) is 0 Å². The van der Waals surface area contributed by atoms with Crippen LogP contribution in [0.5, 0.6) is 0 Å². The predicted octanol–water partition coefficient (Wildman–Crippen LogP) is 4.79. The lowest BCUT2D eigenvalue weighted by Crippen LogP contribution is -2.40. The van der Waals surface area contributed by atoms with E-state index in [9.17, 15) is 0 Å². The summed E-state index contributed by atoms with van der Waals surface area (Å²) in [5.41, 5.74) is 3.01. The number of hydrogen-bond donors (Lipinski definition) is 2. The van der Waals surface area contributed by atoms with Crippen LogP contribution in [0, 0.1) is 0 Å². The van der Waals surface area contributed by atoms with E-state index >= 15 is 0 Å². The van der Waals surface area contributed by atoms with Crippen molar-refractivity contribution < 1.29 is 0 Å². The summed E-state index contributed by atoms with van der Waals surface area (Å²) >= 11 is 11.6. The summed E-state index contributed by atoms with van der Waals surface area (Å²) in [4.78, 5) is 10.4. The van der Waals surface area contributed by atoms with Gasteiger partial charge in [-0.25, -0.2) is 4.98 Å². The number of nitrogens with zero attached hydrogens (tertiary/aromatic N) is 2. The topological polar surface area (TPSA) is 44.0 Å². The van der Waals surface area contributed by atoms with E-state index in [-0.39, 0.29) is 0 Å². The van der Waals surface area contributed by atoms with Crippen LogP contribution < -0.4 is 5.32 Å². The highest BCUT2D eigenvalue weighted by Crippen LogP contribution is 2.28. The van der Waals surface area contributed by atoms with Gasteiger partial charge in [0, 0.05) is 29.7 Å². The second-order valence-corrected chi connectivity index (χ2v) is 7.16. The van der Waals surface area contributed by atoms with Crippen molar-refractivity contribution in [2.24, 2.45) is 0 Å². The maximum Gasteiger partial charge on any atom is 0.173 e. The maximum atomic E-state index is 6.06. The highest BCUT2D eigenvalue weighted by Gasteiger charge is 2.24. The maximum absolute atomic E-state index is 6.06. The van der Waals surface area contributed by atoms with E-state index < -0.39 is 0 Å². The molecule has 0 unspecified atom stereocenters. The van der Waals surface area contributed by atoms with Gasteiger partial charge in [-0.3, -0.25) is 0 Å². The molecule has 3 aromatic rings. The molecule has 128 valence electrons. The van der Waals surface area contributed by atoms with Gasteiger partial charge in [0.25, 0.3) is 0 Å². The number of piperidine rings is 1. The number of halogens is 1. The van der Waals surface area contributed by atoms with Crippen molar-refractivity contribution in [2.75, 3.05) is 18.4 Å². The number of hydrogen-bond acceptors (Lipinski definition) is 2. The van der Waals surface area contributed by atoms with Gasteiger partial charge in [-0.15, -0.1) is 0 Å². The van der Waals surface area contributed by atoms with Gasteiger partial charge in [0.15, 0.2) is 5.11 Å². The number of H-pyrrole nitrogens is 1. The van der Waals surface area contributed by atoms with Crippen molar-refractivity contribution >= 4 is 45.7 Å². The Hall–Kier alpha value is -2.11. The van der Waals surface area contributed by atoms with Crippen molar-refractivity contribution in [3.8, 4) is 0 Å². The van der Waals surface area contributed by atoms with Crippen LogP contribution in [0.25, 0.3) is 11.0 Å². The monoisotopic (exact) mass is 370 g/mol. The van der Waals surface area contributed by atoms with Crippen LogP contribution in [0.15, 0.2) is 48.5 Å². The molecule has 6 heteroatoms. The van der Waals surface area contributed by atoms with Gasteiger partial charge in [-0.2, -0.15) is 0 Å². The highest BCUT2D eigenvalue weighted by molar-refractivity contribution is 7.80. The number of rotatable bonds is 2. The zero-order valence-corrected chi connectivity index (χ0v) is 15.3. The molecule has 1 aromatic heterocycles. The Kier molecular flexibility index (Phi) is 4.59. The lowest BCUT2D eigenvalue weighted by molar-refractivity contribution is 0.311. The van der Waals surface area contributed by atoms with Gasteiger partial charge in [0.2, 0.25) is 0 Å². The van der Waals surface area contributed by atoms with E-state index in [0.717, 1.165) is 58.6 Å². The van der Waals surface area contributed by atoms with E-state index in [2.05, 4.69) is 15.2 Å². The summed E-state index contributed by atoms with van der Waals surface area (Å²) in [6.45, 7) is 1.86. The normalized spacial score (nSPS) is 15.5. The van der Waals surface area contributed by atoms with E-state index in [4.69, 9.17) is 28.8 Å². The van der Waals surface area contributed by atoms with E-state index in [1.165, 1.54) is 0 Å². The molecule has 2 heterocycles. The number of aromatic nitrogens is 2. The number of fused-ring (bicyclic) bond motifs is 1. The van der Waals surface area contributed by atoms with Crippen molar-refractivity contribution in [3.05, 3.63) is 59.4 Å². The van der Waals surface area contributed by atoms with Gasteiger partial charge in [-0.1, -0.05) is 29.8 Å². The van der Waals surface area contributed by atoms with E-state index in [1.807, 2.05) is 48.5 Å². The van der Waals surface area contributed by atoms with Crippen LogP contribution in [0.3, 0.4) is 0 Å². The summed E-state index contributed by atoms with van der Waals surface area (Å²) in [6, 6.07) is 15.8. The lowest BCUT2D eigenvalue weighted by Gasteiger charge is -2.33. The third-order valence-electron chi connectivity index (χ3n) is 4.66. The molecule has 0 atom stereocenters. The van der Waals surface area contributed by atoms with Gasteiger partial charge in [0.1, 0.15) is 5.82 Å². The Morgan fingerprint density at radius 1 is 1.16 bits per heavy atom. The molecule has 4 nitrogen and oxygen atoms in total. The fourth-order valence-electron chi connectivity index (χ4n) is 3.27. The molecule has 1 fully saturated rings. The van der Waals surface area contributed by atoms with Gasteiger partial charge >= 0.3 is 0 Å². The third-order valence-corrected chi connectivity index (χ3v) is 5.25. The fraction of sp³-hybridized carbons (Fsp3) is 0.263. The van der Waals surface area contributed by atoms with Gasteiger partial charge < -0.3 is 15.2 Å². The first kappa shape index (κ1) is 16.4. The molecule has 0 saturated carbocycles. The summed E-state index contributed by atoms with van der Waals surface area (Å²) in [7, 11) is 0. The molecular formula is C19H19ClN4S. The fourth-order valence-corrected chi connectivity index (χ4v) is 3.75. The lowest BCUT2D eigenvalue weighted by atomic mass is 9.96. The summed E-state index contributed by atoms with van der Waals surface area (Å²) < 4.78 is 0. The molecule has 0 spiro atoms. The molecule has 0 radical (unpaired) electrons. The smallest absolute Gasteiger partial charge is 0.173 e. The average molecular weight is 371 g/mol. The summed E-state index contributed by atoms with van der Waals surface area (Å²) in [5.74, 6) is 1.49. The first-order chi connectivity index (χ1) is 12.2. The standard InChI is InChI=1S/C19H19ClN4S/c20-14-6-7-16-17(12-14)23-18(22-16)13-8-10-24(11-9-13)19(25)21-15-4-2-1-3-5-15/h1-7,12-13H,8-11H2,(H,21,25)(H,22,23). The molecule has 0 amide bonds. The van der Waals surface area contributed by atoms with Crippen LogP contribution >= 0.6 is 23.8 Å². The molecule has 4 rings (SSSR count). The number of likely N-dealkylation sites (tertiary alicyclic amines) is 1. The van der Waals surface area contributed by atoms with Crippen LogP contribution in [0.2, 0.25) is 5.02 Å². The SMILES string of the molecule is S=C(Nc1ccccc1)N1CCC(c2nc3ccc(Cl)cc3[nH]2)CC1. The predicted molar refractivity (Wildman–Crippen MR) is 107 cm³/mol. The van der Waals surface area contributed by atoms with Crippen molar-refractivity contribution in [3.63, 3.8) is 0 Å². The highest BCUT2D eigenvalue weighted by atomic mass is 35.5. The number of para-hydroxylation sites is 1. The number of anilines is 1. The Morgan fingerprint density at radius 2 is 1.92 bits per heavy atom. The number of imidazole rings is 1. The Labute approximate surface area is 157 Å². The molecule has 1 aliphatic rings. The number of nitrogens with one attached hydrogen (secondary N) is 2. The zero-order valence-electron chi connectivity index (χ0n) is 13.7. The van der Waals surface area contributed by atoms with Crippen LogP contribution in [0.4, 0.5) is 5.69 Å². The minimum absolute atomic E-state index is 0.432. The van der Waals surface area contributed by atoms with Gasteiger partial charge in [-0.05, 0) is 55.4 Å². The van der Waals surface area contributed by atoms with Crippen LogP contribution in [-0.4, -0.2) is 33.1 Å². The zero-order chi connectivity index (χ0) is 17.2.